The van der Waals surface area contributed by atoms with Crippen LogP contribution in [0.15, 0.2) is 17.1 Å². The molecule has 0 atom stereocenters. The summed E-state index contributed by atoms with van der Waals surface area (Å²) in [5.41, 5.74) is 0.986. The summed E-state index contributed by atoms with van der Waals surface area (Å²) in [6.45, 7) is 4.54. The molecule has 1 heterocycles. The Morgan fingerprint density at radius 3 is 2.23 bits per heavy atom. The Labute approximate surface area is 184 Å². The van der Waals surface area contributed by atoms with Gasteiger partial charge in [0.05, 0.1) is 27.9 Å². The summed E-state index contributed by atoms with van der Waals surface area (Å²) in [7, 11) is 6.72. The van der Waals surface area contributed by atoms with Crippen molar-refractivity contribution in [3.8, 4) is 17.2 Å². The number of benzene rings is 1. The maximum atomic E-state index is 12.0. The summed E-state index contributed by atoms with van der Waals surface area (Å²) in [5, 5.41) is 6.50. The summed E-state index contributed by atoms with van der Waals surface area (Å²) in [5.74, 6) is 3.19. The number of guanidine groups is 1. The van der Waals surface area contributed by atoms with Crippen LogP contribution in [0.2, 0.25) is 0 Å². The predicted octanol–water partition coefficient (Wildman–Crippen LogP) is 0.727. The summed E-state index contributed by atoms with van der Waals surface area (Å²) >= 11 is 0. The van der Waals surface area contributed by atoms with Crippen LogP contribution in [-0.2, 0) is 11.2 Å². The maximum Gasteiger partial charge on any atom is 0.234 e. The minimum atomic E-state index is 0.140. The van der Waals surface area contributed by atoms with Gasteiger partial charge in [-0.25, -0.2) is 0 Å². The average Bonchev–Trinajstić information content (AvgIpc) is 3.60. The fourth-order valence-corrected chi connectivity index (χ4v) is 3.78. The molecule has 172 valence electrons. The van der Waals surface area contributed by atoms with E-state index in [1.165, 1.54) is 0 Å². The summed E-state index contributed by atoms with van der Waals surface area (Å²) < 4.78 is 16.4. The van der Waals surface area contributed by atoms with E-state index < -0.39 is 0 Å². The summed E-state index contributed by atoms with van der Waals surface area (Å²) in [6, 6.07) is 4.15. The van der Waals surface area contributed by atoms with E-state index in [1.807, 2.05) is 12.1 Å². The zero-order valence-electron chi connectivity index (χ0n) is 19.1. The van der Waals surface area contributed by atoms with E-state index >= 15 is 0 Å². The van der Waals surface area contributed by atoms with Crippen LogP contribution in [0.1, 0.15) is 18.4 Å². The Hall–Kier alpha value is -2.68. The van der Waals surface area contributed by atoms with Crippen LogP contribution in [0.3, 0.4) is 0 Å². The van der Waals surface area contributed by atoms with Crippen molar-refractivity contribution in [1.82, 2.24) is 20.4 Å². The van der Waals surface area contributed by atoms with Crippen molar-refractivity contribution >= 4 is 11.9 Å². The second-order valence-electron chi connectivity index (χ2n) is 7.84. The topological polar surface area (TPSA) is 87.7 Å². The number of hydrogen-bond donors (Lipinski definition) is 2. The molecule has 1 aromatic carbocycles. The van der Waals surface area contributed by atoms with Crippen molar-refractivity contribution in [3.63, 3.8) is 0 Å². The highest BCUT2D eigenvalue weighted by molar-refractivity contribution is 5.80. The third-order valence-corrected chi connectivity index (χ3v) is 5.67. The standard InChI is InChI=1S/C22H35N5O4/c1-23-22(27-11-9-26(10-12-27)15-21(28)25-16-5-6-16)24-8-7-18-19(30-3)13-17(29-2)14-20(18)31-4/h13-14,16H,5-12,15H2,1-4H3,(H,23,24)(H,25,28). The lowest BCUT2D eigenvalue weighted by Crippen LogP contribution is -2.54. The molecule has 9 nitrogen and oxygen atoms in total. The highest BCUT2D eigenvalue weighted by Crippen LogP contribution is 2.34. The third kappa shape index (κ3) is 6.40. The van der Waals surface area contributed by atoms with Crippen molar-refractivity contribution in [1.29, 1.82) is 0 Å². The molecule has 1 aliphatic carbocycles. The molecule has 0 radical (unpaired) electrons. The Bertz CT molecular complexity index is 748. The van der Waals surface area contributed by atoms with Crippen molar-refractivity contribution in [2.45, 2.75) is 25.3 Å². The number of aliphatic imine (C=N–C) groups is 1. The van der Waals surface area contributed by atoms with Crippen LogP contribution >= 0.6 is 0 Å². The number of amides is 1. The van der Waals surface area contributed by atoms with Crippen LogP contribution in [0.25, 0.3) is 0 Å². The van der Waals surface area contributed by atoms with E-state index in [2.05, 4.69) is 25.4 Å². The predicted molar refractivity (Wildman–Crippen MR) is 120 cm³/mol. The monoisotopic (exact) mass is 433 g/mol. The normalized spacial score (nSPS) is 17.3. The van der Waals surface area contributed by atoms with E-state index in [9.17, 15) is 4.79 Å². The number of piperazine rings is 1. The molecule has 0 spiro atoms. The van der Waals surface area contributed by atoms with Gasteiger partial charge in [0.15, 0.2) is 5.96 Å². The average molecular weight is 434 g/mol. The quantitative estimate of drug-likeness (QED) is 0.438. The molecule has 2 aliphatic rings. The SMILES string of the molecule is CN=C(NCCc1c(OC)cc(OC)cc1OC)N1CCN(CC(=O)NC2CC2)CC1. The molecule has 2 fully saturated rings. The van der Waals surface area contributed by atoms with Crippen LogP contribution < -0.4 is 24.8 Å². The van der Waals surface area contributed by atoms with Crippen molar-refractivity contribution < 1.29 is 19.0 Å². The van der Waals surface area contributed by atoms with E-state index in [4.69, 9.17) is 14.2 Å². The molecule has 3 rings (SSSR count). The number of methoxy groups -OCH3 is 3. The largest absolute Gasteiger partial charge is 0.496 e. The van der Waals surface area contributed by atoms with Crippen LogP contribution in [0, 0.1) is 0 Å². The van der Waals surface area contributed by atoms with E-state index in [0.717, 1.165) is 68.5 Å². The molecule has 1 saturated carbocycles. The molecule has 1 aliphatic heterocycles. The molecule has 9 heteroatoms. The number of nitrogens with one attached hydrogen (secondary N) is 2. The van der Waals surface area contributed by atoms with E-state index in [1.54, 1.807) is 28.4 Å². The van der Waals surface area contributed by atoms with Gasteiger partial charge in [0, 0.05) is 63.5 Å². The maximum absolute atomic E-state index is 12.0. The first kappa shape index (κ1) is 23.0. The minimum Gasteiger partial charge on any atom is -0.496 e. The molecule has 0 bridgehead atoms. The van der Waals surface area contributed by atoms with Gasteiger partial charge < -0.3 is 29.7 Å². The Kier molecular flexibility index (Phi) is 8.22. The van der Waals surface area contributed by atoms with Gasteiger partial charge in [-0.3, -0.25) is 14.7 Å². The highest BCUT2D eigenvalue weighted by Gasteiger charge is 2.26. The van der Waals surface area contributed by atoms with Gasteiger partial charge >= 0.3 is 0 Å². The fourth-order valence-electron chi connectivity index (χ4n) is 3.78. The van der Waals surface area contributed by atoms with Gasteiger partial charge in [-0.2, -0.15) is 0 Å². The van der Waals surface area contributed by atoms with Gasteiger partial charge in [0.2, 0.25) is 5.91 Å². The Morgan fingerprint density at radius 1 is 1.06 bits per heavy atom. The summed E-state index contributed by atoms with van der Waals surface area (Å²) in [4.78, 5) is 20.9. The number of rotatable bonds is 9. The smallest absolute Gasteiger partial charge is 0.234 e. The molecule has 1 amide bonds. The first-order valence-electron chi connectivity index (χ1n) is 10.8. The molecular formula is C22H35N5O4. The first-order valence-corrected chi connectivity index (χ1v) is 10.8. The zero-order chi connectivity index (χ0) is 22.2. The highest BCUT2D eigenvalue weighted by atomic mass is 16.5. The fraction of sp³-hybridized carbons (Fsp3) is 0.636. The number of hydrogen-bond acceptors (Lipinski definition) is 6. The minimum absolute atomic E-state index is 0.140. The molecule has 31 heavy (non-hydrogen) atoms. The molecule has 2 N–H and O–H groups in total. The molecular weight excluding hydrogens is 398 g/mol. The Balaban J connectivity index is 1.48. The van der Waals surface area contributed by atoms with Crippen LogP contribution in [0.4, 0.5) is 0 Å². The van der Waals surface area contributed by atoms with Gasteiger partial charge in [-0.15, -0.1) is 0 Å². The zero-order valence-corrected chi connectivity index (χ0v) is 19.1. The molecule has 1 saturated heterocycles. The second kappa shape index (κ2) is 11.1. The van der Waals surface area contributed by atoms with Crippen molar-refractivity contribution in [3.05, 3.63) is 17.7 Å². The molecule has 0 unspecified atom stereocenters. The number of carbonyl (C=O) groups is 1. The van der Waals surface area contributed by atoms with E-state index in [-0.39, 0.29) is 5.91 Å². The molecule has 1 aromatic rings. The van der Waals surface area contributed by atoms with Gasteiger partial charge in [-0.1, -0.05) is 0 Å². The third-order valence-electron chi connectivity index (χ3n) is 5.67. The molecule has 0 aromatic heterocycles. The second-order valence-corrected chi connectivity index (χ2v) is 7.84. The number of carbonyl (C=O) groups excluding carboxylic acids is 1. The first-order chi connectivity index (χ1) is 15.1. The number of nitrogens with zero attached hydrogens (tertiary/aromatic N) is 3. The van der Waals surface area contributed by atoms with E-state index in [0.29, 0.717) is 24.9 Å². The van der Waals surface area contributed by atoms with Crippen molar-refractivity contribution in [2.24, 2.45) is 4.99 Å². The van der Waals surface area contributed by atoms with Crippen LogP contribution in [0.5, 0.6) is 17.2 Å². The van der Waals surface area contributed by atoms with Gasteiger partial charge in [0.25, 0.3) is 0 Å². The number of ether oxygens (including phenoxy) is 3. The summed E-state index contributed by atoms with van der Waals surface area (Å²) in [6.07, 6.45) is 2.96. The Morgan fingerprint density at radius 2 is 1.71 bits per heavy atom. The van der Waals surface area contributed by atoms with Crippen molar-refractivity contribution in [2.75, 3.05) is 67.6 Å². The van der Waals surface area contributed by atoms with Crippen LogP contribution in [-0.4, -0.2) is 95.4 Å². The van der Waals surface area contributed by atoms with Gasteiger partial charge in [0.1, 0.15) is 17.2 Å². The lowest BCUT2D eigenvalue weighted by molar-refractivity contribution is -0.122. The van der Waals surface area contributed by atoms with Gasteiger partial charge in [-0.05, 0) is 19.3 Å². The lowest BCUT2D eigenvalue weighted by Gasteiger charge is -2.36. The lowest BCUT2D eigenvalue weighted by atomic mass is 10.1.